The molecule has 0 aromatic heterocycles. The zero-order valence-corrected chi connectivity index (χ0v) is 16.4. The van der Waals surface area contributed by atoms with Crippen LogP contribution in [0.25, 0.3) is 0 Å². The van der Waals surface area contributed by atoms with Crippen LogP contribution in [0.3, 0.4) is 0 Å². The summed E-state index contributed by atoms with van der Waals surface area (Å²) < 4.78 is 10.8. The van der Waals surface area contributed by atoms with Gasteiger partial charge in [-0.2, -0.15) is 0 Å². The lowest BCUT2D eigenvalue weighted by Crippen LogP contribution is -2.30. The molecule has 0 aliphatic rings. The smallest absolute Gasteiger partial charge is 0.340 e. The highest BCUT2D eigenvalue weighted by Crippen LogP contribution is 2.26. The minimum Gasteiger partial charge on any atom is -0.497 e. The maximum absolute atomic E-state index is 12.3. The zero-order valence-electron chi connectivity index (χ0n) is 13.3. The molecule has 2 rings (SSSR count). The molecule has 0 bridgehead atoms. The largest absolute Gasteiger partial charge is 0.497 e. The van der Waals surface area contributed by atoms with Gasteiger partial charge in [-0.25, -0.2) is 4.79 Å². The average Bonchev–Trinajstić information content (AvgIpc) is 2.58. The lowest BCUT2D eigenvalue weighted by Gasteiger charge is -2.15. The van der Waals surface area contributed by atoms with Gasteiger partial charge in [0.1, 0.15) is 5.75 Å². The minimum absolute atomic E-state index is 0.250. The third kappa shape index (κ3) is 5.11. The lowest BCUT2D eigenvalue weighted by molar-refractivity contribution is -0.123. The van der Waals surface area contributed by atoms with Gasteiger partial charge in [-0.05, 0) is 59.3 Å². The molecule has 8 heteroatoms. The number of halogens is 3. The van der Waals surface area contributed by atoms with Crippen LogP contribution in [0.5, 0.6) is 5.75 Å². The molecule has 0 saturated carbocycles. The van der Waals surface area contributed by atoms with Crippen LogP contribution in [-0.4, -0.2) is 25.1 Å². The fourth-order valence-corrected chi connectivity index (χ4v) is 2.64. The molecule has 1 unspecified atom stereocenters. The summed E-state index contributed by atoms with van der Waals surface area (Å²) in [6.07, 6.45) is -1.04. The topological polar surface area (TPSA) is 64.6 Å². The number of hydrogen-bond acceptors (Lipinski definition) is 4. The highest BCUT2D eigenvalue weighted by Gasteiger charge is 2.21. The van der Waals surface area contributed by atoms with Crippen LogP contribution in [0.15, 0.2) is 40.9 Å². The SMILES string of the molecule is COc1ccc(Br)c(C(=O)OC(C)C(=O)Nc2cc(Cl)ccc2Cl)c1. The van der Waals surface area contributed by atoms with Gasteiger partial charge in [0, 0.05) is 9.50 Å². The van der Waals surface area contributed by atoms with E-state index in [9.17, 15) is 9.59 Å². The summed E-state index contributed by atoms with van der Waals surface area (Å²) in [6.45, 7) is 1.46. The van der Waals surface area contributed by atoms with E-state index in [-0.39, 0.29) is 5.56 Å². The fourth-order valence-electron chi connectivity index (χ4n) is 1.89. The van der Waals surface area contributed by atoms with Crippen molar-refractivity contribution >= 4 is 56.7 Å². The van der Waals surface area contributed by atoms with E-state index >= 15 is 0 Å². The molecule has 0 fully saturated rings. The van der Waals surface area contributed by atoms with Gasteiger partial charge in [0.05, 0.1) is 23.4 Å². The molecule has 0 spiro atoms. The van der Waals surface area contributed by atoms with Crippen LogP contribution in [0.4, 0.5) is 5.69 Å². The first-order valence-corrected chi connectivity index (χ1v) is 8.67. The molecule has 1 N–H and O–H groups in total. The fraction of sp³-hybridized carbons (Fsp3) is 0.176. The number of benzene rings is 2. The molecule has 0 heterocycles. The molecule has 132 valence electrons. The molecule has 0 aliphatic carbocycles. The van der Waals surface area contributed by atoms with E-state index in [1.165, 1.54) is 26.2 Å². The second-order valence-corrected chi connectivity index (χ2v) is 6.70. The Hall–Kier alpha value is -1.76. The average molecular weight is 447 g/mol. The van der Waals surface area contributed by atoms with Crippen molar-refractivity contribution in [1.82, 2.24) is 0 Å². The van der Waals surface area contributed by atoms with E-state index in [0.717, 1.165) is 0 Å². The Balaban J connectivity index is 2.08. The van der Waals surface area contributed by atoms with E-state index in [4.69, 9.17) is 32.7 Å². The first-order valence-electron chi connectivity index (χ1n) is 7.12. The second-order valence-electron chi connectivity index (χ2n) is 5.01. The Morgan fingerprint density at radius 1 is 1.16 bits per heavy atom. The first-order chi connectivity index (χ1) is 11.8. The van der Waals surface area contributed by atoms with Gasteiger partial charge in [-0.15, -0.1) is 0 Å². The van der Waals surface area contributed by atoms with Crippen molar-refractivity contribution in [3.05, 3.63) is 56.5 Å². The number of ether oxygens (including phenoxy) is 2. The number of esters is 1. The number of anilines is 1. The van der Waals surface area contributed by atoms with Crippen molar-refractivity contribution in [3.63, 3.8) is 0 Å². The molecule has 0 saturated heterocycles. The van der Waals surface area contributed by atoms with Gasteiger partial charge >= 0.3 is 5.97 Å². The van der Waals surface area contributed by atoms with Crippen molar-refractivity contribution in [2.24, 2.45) is 0 Å². The molecule has 2 aromatic rings. The molecule has 5 nitrogen and oxygen atoms in total. The van der Waals surface area contributed by atoms with Crippen molar-refractivity contribution in [2.45, 2.75) is 13.0 Å². The molecule has 1 amide bonds. The van der Waals surface area contributed by atoms with Gasteiger partial charge in [0.15, 0.2) is 6.10 Å². The lowest BCUT2D eigenvalue weighted by atomic mass is 10.2. The number of hydrogen-bond donors (Lipinski definition) is 1. The summed E-state index contributed by atoms with van der Waals surface area (Å²) in [5, 5.41) is 3.32. The predicted octanol–water partition coefficient (Wildman–Crippen LogP) is 4.95. The van der Waals surface area contributed by atoms with Gasteiger partial charge in [0.2, 0.25) is 0 Å². The second kappa shape index (κ2) is 8.56. The summed E-state index contributed by atoms with van der Waals surface area (Å²) in [5.41, 5.74) is 0.587. The molecule has 0 aliphatic heterocycles. The maximum atomic E-state index is 12.3. The van der Waals surface area contributed by atoms with E-state index in [1.807, 2.05) is 0 Å². The van der Waals surface area contributed by atoms with Crippen molar-refractivity contribution in [3.8, 4) is 5.75 Å². The van der Waals surface area contributed by atoms with Gasteiger partial charge in [-0.3, -0.25) is 4.79 Å². The monoisotopic (exact) mass is 445 g/mol. The third-order valence-corrected chi connectivity index (χ3v) is 4.49. The Labute approximate surface area is 163 Å². The number of carbonyl (C=O) groups is 2. The number of rotatable bonds is 5. The van der Waals surface area contributed by atoms with Crippen LogP contribution in [-0.2, 0) is 9.53 Å². The summed E-state index contributed by atoms with van der Waals surface area (Å²) in [5.74, 6) is -0.694. The summed E-state index contributed by atoms with van der Waals surface area (Å²) in [4.78, 5) is 24.5. The highest BCUT2D eigenvalue weighted by molar-refractivity contribution is 9.10. The summed E-state index contributed by atoms with van der Waals surface area (Å²) >= 11 is 15.1. The normalized spacial score (nSPS) is 11.6. The number of amides is 1. The predicted molar refractivity (Wildman–Crippen MR) is 101 cm³/mol. The van der Waals surface area contributed by atoms with E-state index in [2.05, 4.69) is 21.2 Å². The standard InChI is InChI=1S/C17H14BrCl2NO4/c1-9(16(22)21-15-7-10(19)3-6-14(15)20)25-17(23)12-8-11(24-2)4-5-13(12)18/h3-9H,1-2H3,(H,21,22). The molecule has 2 aromatic carbocycles. The Morgan fingerprint density at radius 2 is 1.88 bits per heavy atom. The van der Waals surface area contributed by atoms with E-state index in [0.29, 0.717) is 26.0 Å². The highest BCUT2D eigenvalue weighted by atomic mass is 79.9. The first kappa shape index (κ1) is 19.6. The van der Waals surface area contributed by atoms with Crippen LogP contribution >= 0.6 is 39.1 Å². The minimum atomic E-state index is -1.04. The van der Waals surface area contributed by atoms with Gasteiger partial charge in [-0.1, -0.05) is 23.2 Å². The number of carbonyl (C=O) groups excluding carboxylic acids is 2. The van der Waals surface area contributed by atoms with Crippen molar-refractivity contribution < 1.29 is 19.1 Å². The Bertz CT molecular complexity index is 813. The summed E-state index contributed by atoms with van der Waals surface area (Å²) in [7, 11) is 1.49. The molecular formula is C17H14BrCl2NO4. The van der Waals surface area contributed by atoms with E-state index in [1.54, 1.807) is 24.3 Å². The summed E-state index contributed by atoms with van der Waals surface area (Å²) in [6, 6.07) is 9.54. The van der Waals surface area contributed by atoms with Gasteiger partial charge < -0.3 is 14.8 Å². The van der Waals surface area contributed by atoms with Crippen LogP contribution in [0.2, 0.25) is 10.0 Å². The van der Waals surface area contributed by atoms with Crippen LogP contribution in [0.1, 0.15) is 17.3 Å². The van der Waals surface area contributed by atoms with E-state index < -0.39 is 18.0 Å². The molecular weight excluding hydrogens is 433 g/mol. The van der Waals surface area contributed by atoms with Crippen molar-refractivity contribution in [2.75, 3.05) is 12.4 Å². The molecule has 25 heavy (non-hydrogen) atoms. The number of nitrogens with one attached hydrogen (secondary N) is 1. The zero-order chi connectivity index (χ0) is 18.6. The maximum Gasteiger partial charge on any atom is 0.340 e. The van der Waals surface area contributed by atoms with Crippen molar-refractivity contribution in [1.29, 1.82) is 0 Å². The Morgan fingerprint density at radius 3 is 2.56 bits per heavy atom. The quantitative estimate of drug-likeness (QED) is 0.660. The number of methoxy groups -OCH3 is 1. The molecule has 1 atom stereocenters. The van der Waals surface area contributed by atoms with Crippen LogP contribution in [0, 0.1) is 0 Å². The third-order valence-electron chi connectivity index (χ3n) is 3.23. The van der Waals surface area contributed by atoms with Crippen LogP contribution < -0.4 is 10.1 Å². The Kier molecular flexibility index (Phi) is 6.70. The van der Waals surface area contributed by atoms with Gasteiger partial charge in [0.25, 0.3) is 5.91 Å². The molecule has 0 radical (unpaired) electrons.